The Morgan fingerprint density at radius 1 is 1.33 bits per heavy atom. The molecule has 1 atom stereocenters. The first-order valence-corrected chi connectivity index (χ1v) is 8.05. The summed E-state index contributed by atoms with van der Waals surface area (Å²) in [6.45, 7) is 3.50. The zero-order valence-electron chi connectivity index (χ0n) is 12.7. The molecule has 1 aliphatic heterocycles. The maximum atomic E-state index is 11.9. The van der Waals surface area contributed by atoms with E-state index in [-0.39, 0.29) is 11.9 Å². The van der Waals surface area contributed by atoms with E-state index in [1.807, 2.05) is 12.1 Å². The van der Waals surface area contributed by atoms with Crippen LogP contribution in [0.3, 0.4) is 0 Å². The number of hydrogen-bond donors (Lipinski definition) is 2. The van der Waals surface area contributed by atoms with Gasteiger partial charge in [-0.15, -0.1) is 0 Å². The predicted octanol–water partition coefficient (Wildman–Crippen LogP) is 2.05. The molecule has 0 bridgehead atoms. The van der Waals surface area contributed by atoms with Crippen molar-refractivity contribution in [3.63, 3.8) is 0 Å². The number of carbonyl (C=O) groups excluding carboxylic acids is 1. The lowest BCUT2D eigenvalue weighted by atomic mass is 10.1. The number of nitrogens with zero attached hydrogens (tertiary/aromatic N) is 1. The van der Waals surface area contributed by atoms with Crippen LogP contribution in [0.15, 0.2) is 22.8 Å². The van der Waals surface area contributed by atoms with Crippen LogP contribution in [0.2, 0.25) is 0 Å². The molecule has 0 aliphatic carbocycles. The number of likely N-dealkylation sites (tertiary alicyclic amines) is 1. The molecule has 0 spiro atoms. The SMILES string of the molecule is NCCCCCC(=O)NCC(c1ccco1)N1CCCC1. The molecular weight excluding hydrogens is 266 g/mol. The molecule has 118 valence electrons. The first-order chi connectivity index (χ1) is 10.3. The van der Waals surface area contributed by atoms with Gasteiger partial charge in [0.2, 0.25) is 5.91 Å². The normalized spacial score (nSPS) is 17.0. The van der Waals surface area contributed by atoms with E-state index in [4.69, 9.17) is 10.2 Å². The minimum atomic E-state index is 0.128. The fourth-order valence-electron chi connectivity index (χ4n) is 2.85. The van der Waals surface area contributed by atoms with Crippen LogP contribution in [0.5, 0.6) is 0 Å². The van der Waals surface area contributed by atoms with Crippen LogP contribution in [0, 0.1) is 0 Å². The third-order valence-electron chi connectivity index (χ3n) is 4.05. The molecule has 2 rings (SSSR count). The van der Waals surface area contributed by atoms with Crippen LogP contribution in [0.25, 0.3) is 0 Å². The lowest BCUT2D eigenvalue weighted by Crippen LogP contribution is -2.36. The average Bonchev–Trinajstić information content (AvgIpc) is 3.17. The molecular formula is C16H27N3O2. The predicted molar refractivity (Wildman–Crippen MR) is 82.8 cm³/mol. The van der Waals surface area contributed by atoms with Crippen molar-refractivity contribution in [1.29, 1.82) is 0 Å². The molecule has 1 aliphatic rings. The lowest BCUT2D eigenvalue weighted by molar-refractivity contribution is -0.121. The van der Waals surface area contributed by atoms with Gasteiger partial charge in [0, 0.05) is 13.0 Å². The third-order valence-corrected chi connectivity index (χ3v) is 4.05. The van der Waals surface area contributed by atoms with Gasteiger partial charge in [-0.2, -0.15) is 0 Å². The fraction of sp³-hybridized carbons (Fsp3) is 0.688. The van der Waals surface area contributed by atoms with E-state index in [0.717, 1.165) is 38.1 Å². The quantitative estimate of drug-likeness (QED) is 0.684. The van der Waals surface area contributed by atoms with Gasteiger partial charge in [0.25, 0.3) is 0 Å². The summed E-state index contributed by atoms with van der Waals surface area (Å²) >= 11 is 0. The maximum Gasteiger partial charge on any atom is 0.220 e. The van der Waals surface area contributed by atoms with E-state index in [9.17, 15) is 4.79 Å². The minimum Gasteiger partial charge on any atom is -0.468 e. The van der Waals surface area contributed by atoms with Crippen molar-refractivity contribution in [2.75, 3.05) is 26.2 Å². The number of hydrogen-bond acceptors (Lipinski definition) is 4. The highest BCUT2D eigenvalue weighted by molar-refractivity contribution is 5.75. The summed E-state index contributed by atoms with van der Waals surface area (Å²) in [6.07, 6.45) is 7.68. The molecule has 0 aromatic carbocycles. The van der Waals surface area contributed by atoms with Gasteiger partial charge in [-0.3, -0.25) is 9.69 Å². The number of unbranched alkanes of at least 4 members (excludes halogenated alkanes) is 2. The number of nitrogens with two attached hydrogens (primary N) is 1. The highest BCUT2D eigenvalue weighted by Gasteiger charge is 2.25. The van der Waals surface area contributed by atoms with E-state index >= 15 is 0 Å². The summed E-state index contributed by atoms with van der Waals surface area (Å²) in [7, 11) is 0. The van der Waals surface area contributed by atoms with Gasteiger partial charge in [0.1, 0.15) is 5.76 Å². The molecule has 2 heterocycles. The summed E-state index contributed by atoms with van der Waals surface area (Å²) in [6, 6.07) is 4.07. The topological polar surface area (TPSA) is 71.5 Å². The molecule has 1 fully saturated rings. The van der Waals surface area contributed by atoms with Gasteiger partial charge in [0.05, 0.1) is 12.3 Å². The molecule has 3 N–H and O–H groups in total. The Labute approximate surface area is 126 Å². The van der Waals surface area contributed by atoms with E-state index in [0.29, 0.717) is 19.5 Å². The van der Waals surface area contributed by atoms with Crippen LogP contribution in [0.1, 0.15) is 50.3 Å². The Bertz CT molecular complexity index is 400. The summed E-state index contributed by atoms with van der Waals surface area (Å²) in [5.41, 5.74) is 5.45. The maximum absolute atomic E-state index is 11.9. The fourth-order valence-corrected chi connectivity index (χ4v) is 2.85. The number of rotatable bonds is 9. The van der Waals surface area contributed by atoms with Crippen LogP contribution in [-0.4, -0.2) is 37.0 Å². The Morgan fingerprint density at radius 2 is 2.14 bits per heavy atom. The molecule has 5 nitrogen and oxygen atoms in total. The number of carbonyl (C=O) groups is 1. The van der Waals surface area contributed by atoms with Crippen molar-refractivity contribution in [3.05, 3.63) is 24.2 Å². The van der Waals surface area contributed by atoms with Crippen molar-refractivity contribution >= 4 is 5.91 Å². The number of nitrogens with one attached hydrogen (secondary N) is 1. The molecule has 21 heavy (non-hydrogen) atoms. The van der Waals surface area contributed by atoms with Gasteiger partial charge in [-0.1, -0.05) is 6.42 Å². The lowest BCUT2D eigenvalue weighted by Gasteiger charge is -2.26. The first-order valence-electron chi connectivity index (χ1n) is 8.05. The van der Waals surface area contributed by atoms with E-state index in [1.165, 1.54) is 12.8 Å². The van der Waals surface area contributed by atoms with Gasteiger partial charge in [-0.25, -0.2) is 0 Å². The Hall–Kier alpha value is -1.33. The van der Waals surface area contributed by atoms with Crippen LogP contribution in [-0.2, 0) is 4.79 Å². The zero-order chi connectivity index (χ0) is 14.9. The first kappa shape index (κ1) is 16.0. The number of furan rings is 1. The summed E-state index contributed by atoms with van der Waals surface area (Å²) in [5, 5.41) is 3.05. The molecule has 0 saturated carbocycles. The molecule has 1 aromatic rings. The summed E-state index contributed by atoms with van der Waals surface area (Å²) < 4.78 is 5.55. The second kappa shape index (κ2) is 8.85. The Balaban J connectivity index is 1.78. The second-order valence-corrected chi connectivity index (χ2v) is 5.68. The smallest absolute Gasteiger partial charge is 0.220 e. The van der Waals surface area contributed by atoms with Gasteiger partial charge < -0.3 is 15.5 Å². The second-order valence-electron chi connectivity index (χ2n) is 5.68. The highest BCUT2D eigenvalue weighted by Crippen LogP contribution is 2.24. The monoisotopic (exact) mass is 293 g/mol. The van der Waals surface area contributed by atoms with E-state index in [2.05, 4.69) is 10.2 Å². The largest absolute Gasteiger partial charge is 0.468 e. The van der Waals surface area contributed by atoms with Gasteiger partial charge >= 0.3 is 0 Å². The molecule has 5 heteroatoms. The van der Waals surface area contributed by atoms with Crippen LogP contribution in [0.4, 0.5) is 0 Å². The highest BCUT2D eigenvalue weighted by atomic mass is 16.3. The number of amides is 1. The Kier molecular flexibility index (Phi) is 6.76. The van der Waals surface area contributed by atoms with Gasteiger partial charge in [0.15, 0.2) is 0 Å². The zero-order valence-corrected chi connectivity index (χ0v) is 12.7. The average molecular weight is 293 g/mol. The minimum absolute atomic E-state index is 0.128. The standard InChI is InChI=1S/C16H27N3O2/c17-9-3-1-2-8-16(20)18-13-14(15-7-6-12-21-15)19-10-4-5-11-19/h6-7,12,14H,1-5,8-11,13,17H2,(H,18,20). The molecule has 1 saturated heterocycles. The van der Waals surface area contributed by atoms with Gasteiger partial charge in [-0.05, 0) is 57.5 Å². The van der Waals surface area contributed by atoms with Crippen molar-refractivity contribution in [1.82, 2.24) is 10.2 Å². The Morgan fingerprint density at radius 3 is 2.81 bits per heavy atom. The third kappa shape index (κ3) is 5.17. The van der Waals surface area contributed by atoms with Crippen molar-refractivity contribution < 1.29 is 9.21 Å². The van der Waals surface area contributed by atoms with Crippen LogP contribution >= 0.6 is 0 Å². The van der Waals surface area contributed by atoms with Crippen molar-refractivity contribution in [2.24, 2.45) is 5.73 Å². The summed E-state index contributed by atoms with van der Waals surface area (Å²) in [5.74, 6) is 1.07. The van der Waals surface area contributed by atoms with Crippen LogP contribution < -0.4 is 11.1 Å². The van der Waals surface area contributed by atoms with E-state index < -0.39 is 0 Å². The molecule has 0 radical (unpaired) electrons. The summed E-state index contributed by atoms with van der Waals surface area (Å²) in [4.78, 5) is 14.3. The molecule has 1 unspecified atom stereocenters. The molecule has 1 aromatic heterocycles. The van der Waals surface area contributed by atoms with Crippen molar-refractivity contribution in [3.8, 4) is 0 Å². The van der Waals surface area contributed by atoms with E-state index in [1.54, 1.807) is 6.26 Å². The van der Waals surface area contributed by atoms with Crippen molar-refractivity contribution in [2.45, 2.75) is 44.6 Å². The molecule has 1 amide bonds.